The maximum atomic E-state index is 15.1. The largest absolute Gasteiger partial charge is 0.491 e. The van der Waals surface area contributed by atoms with E-state index in [1.54, 1.807) is 25.1 Å². The second kappa shape index (κ2) is 11.2. The smallest absolute Gasteiger partial charge is 0.184 e. The van der Waals surface area contributed by atoms with Crippen LogP contribution in [0.25, 0.3) is 27.8 Å². The molecule has 1 atom stereocenters. The van der Waals surface area contributed by atoms with Crippen LogP contribution in [0.4, 0.5) is 8.78 Å². The Bertz CT molecular complexity index is 1170. The summed E-state index contributed by atoms with van der Waals surface area (Å²) in [4.78, 5) is 0. The van der Waals surface area contributed by atoms with Gasteiger partial charge in [-0.3, -0.25) is 0 Å². The van der Waals surface area contributed by atoms with Crippen molar-refractivity contribution in [3.63, 3.8) is 0 Å². The molecule has 4 rings (SSSR count). The highest BCUT2D eigenvalue weighted by Gasteiger charge is 2.17. The van der Waals surface area contributed by atoms with Crippen molar-refractivity contribution < 1.29 is 13.5 Å². The molecular weight excluding hydrogens is 450 g/mol. The molecule has 3 aromatic carbocycles. The van der Waals surface area contributed by atoms with Gasteiger partial charge in [0.2, 0.25) is 0 Å². The lowest BCUT2D eigenvalue weighted by Crippen LogP contribution is -2.05. The molecule has 0 aliphatic heterocycles. The topological polar surface area (TPSA) is 9.23 Å². The second-order valence-corrected chi connectivity index (χ2v) is 9.33. The van der Waals surface area contributed by atoms with Crippen molar-refractivity contribution in [2.24, 2.45) is 5.92 Å². The molecule has 0 saturated heterocycles. The van der Waals surface area contributed by atoms with Crippen molar-refractivity contribution >= 4 is 17.2 Å². The zero-order chi connectivity index (χ0) is 24.1. The number of allylic oxidation sites excluding steroid dienone is 2. The summed E-state index contributed by atoms with van der Waals surface area (Å²) in [5.41, 5.74) is 4.89. The first-order chi connectivity index (χ1) is 16.5. The predicted molar refractivity (Wildman–Crippen MR) is 138 cm³/mol. The Morgan fingerprint density at radius 1 is 0.912 bits per heavy atom. The molecule has 4 heteroatoms. The third-order valence-corrected chi connectivity index (χ3v) is 7.05. The maximum Gasteiger partial charge on any atom is 0.184 e. The van der Waals surface area contributed by atoms with E-state index >= 15 is 4.39 Å². The van der Waals surface area contributed by atoms with E-state index in [4.69, 9.17) is 16.3 Å². The fraction of sp³-hybridized carbons (Fsp3) is 0.333. The summed E-state index contributed by atoms with van der Waals surface area (Å²) in [6.07, 6.45) is 9.79. The van der Waals surface area contributed by atoms with Crippen LogP contribution in [0.3, 0.4) is 0 Å². The van der Waals surface area contributed by atoms with Crippen LogP contribution < -0.4 is 4.74 Å². The summed E-state index contributed by atoms with van der Waals surface area (Å²) in [6, 6.07) is 16.2. The monoisotopic (exact) mass is 480 g/mol. The number of unbranched alkanes of at least 4 members (excludes halogenated alkanes) is 1. The molecule has 0 aromatic heterocycles. The Kier molecular flexibility index (Phi) is 8.05. The summed E-state index contributed by atoms with van der Waals surface area (Å²) >= 11 is 6.22. The Balaban J connectivity index is 1.52. The van der Waals surface area contributed by atoms with Crippen molar-refractivity contribution in [2.45, 2.75) is 52.4 Å². The van der Waals surface area contributed by atoms with Crippen LogP contribution in [0.15, 0.2) is 60.7 Å². The first kappa shape index (κ1) is 24.5. The number of ether oxygens (including phenoxy) is 1. The lowest BCUT2D eigenvalue weighted by Gasteiger charge is -2.22. The lowest BCUT2D eigenvalue weighted by molar-refractivity contribution is 0.322. The van der Waals surface area contributed by atoms with Crippen molar-refractivity contribution in [3.05, 3.63) is 82.9 Å². The summed E-state index contributed by atoms with van der Waals surface area (Å²) < 4.78 is 34.8. The van der Waals surface area contributed by atoms with E-state index in [-0.39, 0.29) is 16.6 Å². The van der Waals surface area contributed by atoms with Gasteiger partial charge in [0.1, 0.15) is 5.82 Å². The predicted octanol–water partition coefficient (Wildman–Crippen LogP) is 9.72. The molecule has 1 unspecified atom stereocenters. The molecule has 178 valence electrons. The molecule has 1 nitrogen and oxygen atoms in total. The van der Waals surface area contributed by atoms with Gasteiger partial charge >= 0.3 is 0 Å². The number of rotatable bonds is 8. The van der Waals surface area contributed by atoms with Crippen LogP contribution in [0.2, 0.25) is 5.02 Å². The normalized spacial score (nSPS) is 15.8. The number of hydrogen-bond acceptors (Lipinski definition) is 1. The molecule has 0 radical (unpaired) electrons. The molecule has 0 amide bonds. The van der Waals surface area contributed by atoms with Gasteiger partial charge in [-0.05, 0) is 72.6 Å². The average Bonchev–Trinajstić information content (AvgIpc) is 2.86. The third kappa shape index (κ3) is 5.36. The fourth-order valence-electron chi connectivity index (χ4n) is 4.71. The summed E-state index contributed by atoms with van der Waals surface area (Å²) in [5, 5.41) is -0.0693. The minimum absolute atomic E-state index is 0.0693. The highest BCUT2D eigenvalue weighted by atomic mass is 35.5. The van der Waals surface area contributed by atoms with Gasteiger partial charge in [-0.1, -0.05) is 80.3 Å². The van der Waals surface area contributed by atoms with E-state index in [0.29, 0.717) is 23.3 Å². The molecule has 0 bridgehead atoms. The van der Waals surface area contributed by atoms with Crippen LogP contribution in [0, 0.1) is 17.6 Å². The van der Waals surface area contributed by atoms with Crippen LogP contribution >= 0.6 is 11.6 Å². The molecule has 0 spiro atoms. The van der Waals surface area contributed by atoms with E-state index in [1.165, 1.54) is 49.0 Å². The zero-order valence-electron chi connectivity index (χ0n) is 19.8. The van der Waals surface area contributed by atoms with Crippen LogP contribution in [0.1, 0.15) is 57.9 Å². The van der Waals surface area contributed by atoms with Gasteiger partial charge < -0.3 is 4.74 Å². The molecule has 0 fully saturated rings. The lowest BCUT2D eigenvalue weighted by atomic mass is 9.84. The van der Waals surface area contributed by atoms with E-state index in [2.05, 4.69) is 25.1 Å². The molecule has 0 heterocycles. The molecule has 0 N–H and O–H groups in total. The quantitative estimate of drug-likeness (QED) is 0.311. The Labute approximate surface area is 206 Å². The average molecular weight is 481 g/mol. The van der Waals surface area contributed by atoms with E-state index in [9.17, 15) is 4.39 Å². The van der Waals surface area contributed by atoms with Gasteiger partial charge in [-0.2, -0.15) is 0 Å². The summed E-state index contributed by atoms with van der Waals surface area (Å²) in [6.45, 7) is 4.36. The van der Waals surface area contributed by atoms with Gasteiger partial charge in [-0.25, -0.2) is 8.78 Å². The molecule has 34 heavy (non-hydrogen) atoms. The number of halogens is 3. The van der Waals surface area contributed by atoms with Crippen molar-refractivity contribution in [2.75, 3.05) is 6.61 Å². The van der Waals surface area contributed by atoms with E-state index in [0.717, 1.165) is 24.3 Å². The van der Waals surface area contributed by atoms with Crippen molar-refractivity contribution in [3.8, 4) is 28.0 Å². The van der Waals surface area contributed by atoms with Gasteiger partial charge in [0, 0.05) is 11.1 Å². The van der Waals surface area contributed by atoms with Gasteiger partial charge in [0.25, 0.3) is 0 Å². The SMILES string of the molecule is CCCCC1CC=C(c2ccc(-c3ccc(-c4ccc(OCC)c(F)c4Cl)cc3F)cc2)CC1. The van der Waals surface area contributed by atoms with Crippen LogP contribution in [-0.4, -0.2) is 6.61 Å². The van der Waals surface area contributed by atoms with Gasteiger partial charge in [0.15, 0.2) is 11.6 Å². The van der Waals surface area contributed by atoms with E-state index < -0.39 is 5.82 Å². The number of benzene rings is 3. The highest BCUT2D eigenvalue weighted by molar-refractivity contribution is 6.33. The third-order valence-electron chi connectivity index (χ3n) is 6.68. The van der Waals surface area contributed by atoms with Gasteiger partial charge in [0.05, 0.1) is 11.6 Å². The minimum Gasteiger partial charge on any atom is -0.491 e. The fourth-order valence-corrected chi connectivity index (χ4v) is 4.97. The number of hydrogen-bond donors (Lipinski definition) is 0. The Morgan fingerprint density at radius 2 is 1.62 bits per heavy atom. The van der Waals surface area contributed by atoms with Crippen molar-refractivity contribution in [1.29, 1.82) is 0 Å². The van der Waals surface area contributed by atoms with Crippen molar-refractivity contribution in [1.82, 2.24) is 0 Å². The summed E-state index contributed by atoms with van der Waals surface area (Å²) in [5.74, 6) is -0.0908. The highest BCUT2D eigenvalue weighted by Crippen LogP contribution is 2.37. The van der Waals surface area contributed by atoms with Crippen LogP contribution in [-0.2, 0) is 0 Å². The molecule has 1 aliphatic rings. The van der Waals surface area contributed by atoms with Gasteiger partial charge in [-0.15, -0.1) is 0 Å². The molecule has 0 saturated carbocycles. The first-order valence-electron chi connectivity index (χ1n) is 12.2. The maximum absolute atomic E-state index is 15.1. The molecule has 1 aliphatic carbocycles. The molecular formula is C30H31ClF2O. The van der Waals surface area contributed by atoms with Crippen LogP contribution in [0.5, 0.6) is 5.75 Å². The summed E-state index contributed by atoms with van der Waals surface area (Å²) in [7, 11) is 0. The first-order valence-corrected chi connectivity index (χ1v) is 12.6. The standard InChI is InChI=1S/C30H31ClF2O/c1-3-5-6-20-7-9-21(10-8-20)22-11-13-23(14-12-22)25-16-15-24(19-27(25)32)26-17-18-28(34-4-2)30(33)29(26)31/h9,11-20H,3-8,10H2,1-2H3. The Hall–Kier alpha value is -2.65. The van der Waals surface area contributed by atoms with E-state index in [1.807, 2.05) is 12.1 Å². The Morgan fingerprint density at radius 3 is 2.26 bits per heavy atom. The second-order valence-electron chi connectivity index (χ2n) is 8.96. The molecule has 3 aromatic rings. The minimum atomic E-state index is -0.630. The zero-order valence-corrected chi connectivity index (χ0v) is 20.6.